The van der Waals surface area contributed by atoms with E-state index in [2.05, 4.69) is 5.32 Å². The topological polar surface area (TPSA) is 69.7 Å². The Labute approximate surface area is 160 Å². The van der Waals surface area contributed by atoms with Crippen LogP contribution in [0.25, 0.3) is 0 Å². The van der Waals surface area contributed by atoms with Crippen molar-refractivity contribution in [2.45, 2.75) is 57.5 Å². The van der Waals surface area contributed by atoms with E-state index in [1.54, 1.807) is 4.90 Å². The summed E-state index contributed by atoms with van der Waals surface area (Å²) in [5.74, 6) is 0.192. The zero-order valence-electron chi connectivity index (χ0n) is 15.9. The van der Waals surface area contributed by atoms with Gasteiger partial charge >= 0.3 is 0 Å². The molecule has 6 nitrogen and oxygen atoms in total. The highest BCUT2D eigenvalue weighted by Gasteiger charge is 2.31. The minimum Gasteiger partial charge on any atom is -0.354 e. The normalized spacial score (nSPS) is 20.7. The number of nitrogens with one attached hydrogen (secondary N) is 1. The number of amides is 3. The second kappa shape index (κ2) is 9.53. The maximum absolute atomic E-state index is 12.8. The third-order valence-corrected chi connectivity index (χ3v) is 5.39. The lowest BCUT2D eigenvalue weighted by atomic mass is 10.1. The largest absolute Gasteiger partial charge is 0.354 e. The fourth-order valence-electron chi connectivity index (χ4n) is 3.88. The Morgan fingerprint density at radius 3 is 2.56 bits per heavy atom. The van der Waals surface area contributed by atoms with Crippen molar-refractivity contribution in [3.63, 3.8) is 0 Å². The smallest absolute Gasteiger partial charge is 0.242 e. The van der Waals surface area contributed by atoms with Gasteiger partial charge in [-0.25, -0.2) is 0 Å². The molecule has 0 aromatic heterocycles. The Morgan fingerprint density at radius 1 is 1.04 bits per heavy atom. The van der Waals surface area contributed by atoms with Crippen molar-refractivity contribution in [1.29, 1.82) is 0 Å². The number of likely N-dealkylation sites (tertiary alicyclic amines) is 2. The maximum atomic E-state index is 12.8. The van der Waals surface area contributed by atoms with Gasteiger partial charge in [0.05, 0.1) is 0 Å². The molecule has 27 heavy (non-hydrogen) atoms. The molecule has 3 rings (SSSR count). The summed E-state index contributed by atoms with van der Waals surface area (Å²) >= 11 is 0. The fourth-order valence-corrected chi connectivity index (χ4v) is 3.88. The summed E-state index contributed by atoms with van der Waals surface area (Å²) in [6.07, 6.45) is 5.26. The molecule has 2 heterocycles. The van der Waals surface area contributed by atoms with Crippen LogP contribution in [0.3, 0.4) is 0 Å². The van der Waals surface area contributed by atoms with Crippen molar-refractivity contribution >= 4 is 17.7 Å². The number of hydrogen-bond acceptors (Lipinski definition) is 3. The molecule has 1 unspecified atom stereocenters. The van der Waals surface area contributed by atoms with Crippen LogP contribution in [0, 0.1) is 0 Å². The zero-order chi connectivity index (χ0) is 19.1. The van der Waals surface area contributed by atoms with E-state index in [-0.39, 0.29) is 17.7 Å². The average molecular weight is 371 g/mol. The number of rotatable bonds is 7. The van der Waals surface area contributed by atoms with E-state index in [4.69, 9.17) is 0 Å². The third kappa shape index (κ3) is 5.31. The number of carbonyl (C=O) groups is 3. The van der Waals surface area contributed by atoms with Crippen molar-refractivity contribution in [2.75, 3.05) is 19.6 Å². The number of hydrogen-bond donors (Lipinski definition) is 1. The Bertz CT molecular complexity index is 662. The van der Waals surface area contributed by atoms with Crippen molar-refractivity contribution in [2.24, 2.45) is 0 Å². The standard InChI is InChI=1S/C21H29N3O3/c25-19-12-6-14-23(19)15-7-13-22-21(27)18-10-4-5-11-20(26)24(18)16-17-8-2-1-3-9-17/h1-3,8-9,18H,4-7,10-16H2,(H,22,27). The summed E-state index contributed by atoms with van der Waals surface area (Å²) in [5.41, 5.74) is 1.04. The lowest BCUT2D eigenvalue weighted by Gasteiger charge is -2.29. The summed E-state index contributed by atoms with van der Waals surface area (Å²) in [4.78, 5) is 40.6. The number of carbonyl (C=O) groups excluding carboxylic acids is 3. The number of nitrogens with zero attached hydrogens (tertiary/aromatic N) is 2. The summed E-state index contributed by atoms with van der Waals surface area (Å²) in [7, 11) is 0. The molecular formula is C21H29N3O3. The van der Waals surface area contributed by atoms with Gasteiger partial charge in [0.1, 0.15) is 6.04 Å². The highest BCUT2D eigenvalue weighted by molar-refractivity contribution is 5.88. The van der Waals surface area contributed by atoms with Gasteiger partial charge in [0.15, 0.2) is 0 Å². The highest BCUT2D eigenvalue weighted by Crippen LogP contribution is 2.21. The fraction of sp³-hybridized carbons (Fsp3) is 0.571. The van der Waals surface area contributed by atoms with Crippen molar-refractivity contribution in [1.82, 2.24) is 15.1 Å². The first kappa shape index (κ1) is 19.4. The van der Waals surface area contributed by atoms with Gasteiger partial charge in [-0.1, -0.05) is 36.8 Å². The van der Waals surface area contributed by atoms with Crippen molar-refractivity contribution in [3.05, 3.63) is 35.9 Å². The molecule has 0 spiro atoms. The summed E-state index contributed by atoms with van der Waals surface area (Å²) in [5, 5.41) is 2.98. The molecule has 1 aromatic carbocycles. The minimum absolute atomic E-state index is 0.0548. The van der Waals surface area contributed by atoms with Crippen LogP contribution in [0.2, 0.25) is 0 Å². The predicted octanol–water partition coefficient (Wildman–Crippen LogP) is 2.09. The van der Waals surface area contributed by atoms with Crippen molar-refractivity contribution in [3.8, 4) is 0 Å². The molecule has 0 bridgehead atoms. The molecule has 3 amide bonds. The van der Waals surface area contributed by atoms with Gasteiger partial charge in [-0.3, -0.25) is 14.4 Å². The summed E-state index contributed by atoms with van der Waals surface area (Å²) in [6.45, 7) is 2.53. The first-order chi connectivity index (χ1) is 13.1. The molecule has 0 aliphatic carbocycles. The molecule has 1 N–H and O–H groups in total. The van der Waals surface area contributed by atoms with Gasteiger partial charge in [-0.15, -0.1) is 0 Å². The molecule has 0 radical (unpaired) electrons. The lowest BCUT2D eigenvalue weighted by molar-refractivity contribution is -0.140. The van der Waals surface area contributed by atoms with Gasteiger partial charge in [0, 0.05) is 39.0 Å². The molecule has 2 fully saturated rings. The van der Waals surface area contributed by atoms with E-state index < -0.39 is 6.04 Å². The molecule has 6 heteroatoms. The van der Waals surface area contributed by atoms with Crippen LogP contribution in [0.15, 0.2) is 30.3 Å². The van der Waals surface area contributed by atoms with Crippen LogP contribution in [0.5, 0.6) is 0 Å². The first-order valence-corrected chi connectivity index (χ1v) is 10.0. The molecule has 146 valence electrons. The lowest BCUT2D eigenvalue weighted by Crippen LogP contribution is -2.48. The SMILES string of the molecule is O=C(NCCCN1CCCC1=O)C1CCCCC(=O)N1Cc1ccccc1. The van der Waals surface area contributed by atoms with Gasteiger partial charge in [-0.2, -0.15) is 0 Å². The van der Waals surface area contributed by atoms with Gasteiger partial charge in [0.2, 0.25) is 17.7 Å². The van der Waals surface area contributed by atoms with Gasteiger partial charge in [0.25, 0.3) is 0 Å². The molecular weight excluding hydrogens is 342 g/mol. The first-order valence-electron chi connectivity index (χ1n) is 10.0. The minimum atomic E-state index is -0.409. The molecule has 0 saturated carbocycles. The van der Waals surface area contributed by atoms with Gasteiger partial charge < -0.3 is 15.1 Å². The molecule has 2 saturated heterocycles. The average Bonchev–Trinajstić information content (AvgIpc) is 3.00. The van der Waals surface area contributed by atoms with Crippen LogP contribution < -0.4 is 5.32 Å². The zero-order valence-corrected chi connectivity index (χ0v) is 15.9. The Kier molecular flexibility index (Phi) is 6.85. The second-order valence-electron chi connectivity index (χ2n) is 7.40. The van der Waals surface area contributed by atoms with Crippen LogP contribution >= 0.6 is 0 Å². The van der Waals surface area contributed by atoms with Crippen LogP contribution in [0.4, 0.5) is 0 Å². The van der Waals surface area contributed by atoms with E-state index in [9.17, 15) is 14.4 Å². The number of benzene rings is 1. The maximum Gasteiger partial charge on any atom is 0.242 e. The van der Waals surface area contributed by atoms with E-state index in [1.807, 2.05) is 35.2 Å². The molecule has 2 aliphatic rings. The van der Waals surface area contributed by atoms with Crippen LogP contribution in [0.1, 0.15) is 50.5 Å². The molecule has 2 aliphatic heterocycles. The molecule has 1 atom stereocenters. The van der Waals surface area contributed by atoms with Crippen LogP contribution in [-0.2, 0) is 20.9 Å². The Hall–Kier alpha value is -2.37. The monoisotopic (exact) mass is 371 g/mol. The molecule has 1 aromatic rings. The van der Waals surface area contributed by atoms with Crippen LogP contribution in [-0.4, -0.2) is 53.2 Å². The van der Waals surface area contributed by atoms with Gasteiger partial charge in [-0.05, 0) is 31.2 Å². The van der Waals surface area contributed by atoms with E-state index >= 15 is 0 Å². The summed E-state index contributed by atoms with van der Waals surface area (Å²) in [6, 6.07) is 9.41. The van der Waals surface area contributed by atoms with Crippen molar-refractivity contribution < 1.29 is 14.4 Å². The Morgan fingerprint density at radius 2 is 1.81 bits per heavy atom. The summed E-state index contributed by atoms with van der Waals surface area (Å²) < 4.78 is 0. The van der Waals surface area contributed by atoms with E-state index in [1.165, 1.54) is 0 Å². The Balaban J connectivity index is 1.54. The highest BCUT2D eigenvalue weighted by atomic mass is 16.2. The second-order valence-corrected chi connectivity index (χ2v) is 7.40. The quantitative estimate of drug-likeness (QED) is 0.746. The van der Waals surface area contributed by atoms with E-state index in [0.29, 0.717) is 38.9 Å². The predicted molar refractivity (Wildman–Crippen MR) is 103 cm³/mol. The van der Waals surface area contributed by atoms with E-state index in [0.717, 1.165) is 37.8 Å². The third-order valence-electron chi connectivity index (χ3n) is 5.39.